The molecule has 0 aromatic heterocycles. The van der Waals surface area contributed by atoms with Crippen molar-refractivity contribution in [2.45, 2.75) is 45.3 Å². The molecule has 2 saturated carbocycles. The van der Waals surface area contributed by atoms with Crippen molar-refractivity contribution in [2.24, 2.45) is 23.2 Å². The van der Waals surface area contributed by atoms with Gasteiger partial charge in [-0.05, 0) is 24.7 Å². The summed E-state index contributed by atoms with van der Waals surface area (Å²) >= 11 is 0. The largest absolute Gasteiger partial charge is 0.481 e. The molecule has 0 radical (unpaired) electrons. The molecule has 0 aromatic carbocycles. The maximum Gasteiger partial charge on any atom is 0.306 e. The summed E-state index contributed by atoms with van der Waals surface area (Å²) in [6.45, 7) is 5.69. The van der Waals surface area contributed by atoms with Crippen LogP contribution in [-0.2, 0) is 14.3 Å². The van der Waals surface area contributed by atoms with Gasteiger partial charge in [-0.15, -0.1) is 0 Å². The maximum absolute atomic E-state index is 11.2. The van der Waals surface area contributed by atoms with Crippen LogP contribution in [0.1, 0.15) is 39.5 Å². The molecule has 0 bridgehead atoms. The highest BCUT2D eigenvalue weighted by molar-refractivity contribution is 5.71. The highest BCUT2D eigenvalue weighted by atomic mass is 16.7. The Hall–Kier alpha value is -0.610. The van der Waals surface area contributed by atoms with Crippen LogP contribution in [0.2, 0.25) is 0 Å². The lowest BCUT2D eigenvalue weighted by Crippen LogP contribution is -2.46. The summed E-state index contributed by atoms with van der Waals surface area (Å²) in [6, 6.07) is 0. The van der Waals surface area contributed by atoms with Gasteiger partial charge in [0.2, 0.25) is 0 Å². The van der Waals surface area contributed by atoms with E-state index in [4.69, 9.17) is 9.47 Å². The summed E-state index contributed by atoms with van der Waals surface area (Å²) in [5.74, 6) is -0.567. The lowest BCUT2D eigenvalue weighted by molar-refractivity contribution is -0.297. The highest BCUT2D eigenvalue weighted by Gasteiger charge is 2.55. The van der Waals surface area contributed by atoms with E-state index in [1.807, 2.05) is 0 Å². The van der Waals surface area contributed by atoms with E-state index in [-0.39, 0.29) is 17.3 Å². The predicted molar refractivity (Wildman–Crippen MR) is 65.0 cm³/mol. The van der Waals surface area contributed by atoms with Crippen LogP contribution in [0.3, 0.4) is 0 Å². The Balaban J connectivity index is 1.71. The molecule has 4 nitrogen and oxygen atoms in total. The molecule has 18 heavy (non-hydrogen) atoms. The number of rotatable bonds is 1. The van der Waals surface area contributed by atoms with Crippen LogP contribution in [-0.4, -0.2) is 30.1 Å². The molecular weight excluding hydrogens is 232 g/mol. The number of fused-ring (bicyclic) bond motifs is 1. The second kappa shape index (κ2) is 3.94. The van der Waals surface area contributed by atoms with Crippen molar-refractivity contribution >= 4 is 5.97 Å². The van der Waals surface area contributed by atoms with Crippen molar-refractivity contribution in [3.8, 4) is 0 Å². The zero-order valence-corrected chi connectivity index (χ0v) is 11.1. The first kappa shape index (κ1) is 12.4. The summed E-state index contributed by atoms with van der Waals surface area (Å²) < 4.78 is 12.0. The van der Waals surface area contributed by atoms with E-state index in [9.17, 15) is 9.90 Å². The van der Waals surface area contributed by atoms with E-state index >= 15 is 0 Å². The zero-order chi connectivity index (χ0) is 13.0. The summed E-state index contributed by atoms with van der Waals surface area (Å²) in [5.41, 5.74) is 0.0785. The smallest absolute Gasteiger partial charge is 0.306 e. The van der Waals surface area contributed by atoms with Gasteiger partial charge >= 0.3 is 5.97 Å². The molecule has 0 aromatic rings. The average Bonchev–Trinajstić information content (AvgIpc) is 2.80. The zero-order valence-electron chi connectivity index (χ0n) is 11.1. The Morgan fingerprint density at radius 2 is 1.83 bits per heavy atom. The van der Waals surface area contributed by atoms with Gasteiger partial charge in [0.25, 0.3) is 0 Å². The van der Waals surface area contributed by atoms with Gasteiger partial charge in [0, 0.05) is 18.3 Å². The Kier molecular flexibility index (Phi) is 2.72. The van der Waals surface area contributed by atoms with Crippen LogP contribution < -0.4 is 0 Å². The standard InChI is InChI=1S/C14H22O4/c1-13(2)7-17-14(18-8-13)5-9-3-4-10(12(15)16)11(9)6-14/h9-11H,3-8H2,1-2H3,(H,15,16)/t9-,10+,11+/m1/s1. The van der Waals surface area contributed by atoms with Crippen molar-refractivity contribution in [1.82, 2.24) is 0 Å². The fourth-order valence-corrected chi connectivity index (χ4v) is 3.83. The van der Waals surface area contributed by atoms with Gasteiger partial charge < -0.3 is 14.6 Å². The number of carboxylic acid groups (broad SMARTS) is 1. The molecule has 3 aliphatic rings. The van der Waals surface area contributed by atoms with Crippen LogP contribution in [0.4, 0.5) is 0 Å². The summed E-state index contributed by atoms with van der Waals surface area (Å²) in [4.78, 5) is 11.2. The Morgan fingerprint density at radius 1 is 1.17 bits per heavy atom. The molecule has 3 atom stereocenters. The Labute approximate surface area is 108 Å². The topological polar surface area (TPSA) is 55.8 Å². The lowest BCUT2D eigenvalue weighted by Gasteiger charge is -2.42. The highest BCUT2D eigenvalue weighted by Crippen LogP contribution is 2.54. The van der Waals surface area contributed by atoms with E-state index < -0.39 is 11.8 Å². The van der Waals surface area contributed by atoms with E-state index in [2.05, 4.69) is 13.8 Å². The minimum atomic E-state index is -0.643. The third-order valence-corrected chi connectivity index (χ3v) is 4.86. The van der Waals surface area contributed by atoms with Crippen LogP contribution in [0, 0.1) is 23.2 Å². The van der Waals surface area contributed by atoms with E-state index in [0.717, 1.165) is 25.7 Å². The van der Waals surface area contributed by atoms with Crippen molar-refractivity contribution < 1.29 is 19.4 Å². The third kappa shape index (κ3) is 1.95. The minimum Gasteiger partial charge on any atom is -0.481 e. The second-order valence-corrected chi connectivity index (χ2v) is 7.01. The number of aliphatic carboxylic acids is 1. The van der Waals surface area contributed by atoms with Crippen LogP contribution >= 0.6 is 0 Å². The molecule has 102 valence electrons. The van der Waals surface area contributed by atoms with Gasteiger partial charge in [-0.2, -0.15) is 0 Å². The summed E-state index contributed by atoms with van der Waals surface area (Å²) in [6.07, 6.45) is 3.49. The average molecular weight is 254 g/mol. The number of carboxylic acids is 1. The predicted octanol–water partition coefficient (Wildman–Crippen LogP) is 2.28. The van der Waals surface area contributed by atoms with Crippen molar-refractivity contribution in [1.29, 1.82) is 0 Å². The first-order chi connectivity index (χ1) is 8.41. The van der Waals surface area contributed by atoms with E-state index in [0.29, 0.717) is 19.1 Å². The molecule has 1 saturated heterocycles. The third-order valence-electron chi connectivity index (χ3n) is 4.86. The molecule has 0 unspecified atom stereocenters. The van der Waals surface area contributed by atoms with Gasteiger partial charge in [0.15, 0.2) is 5.79 Å². The molecular formula is C14H22O4. The van der Waals surface area contributed by atoms with Crippen molar-refractivity contribution in [3.63, 3.8) is 0 Å². The van der Waals surface area contributed by atoms with Crippen LogP contribution in [0.15, 0.2) is 0 Å². The molecule has 0 amide bonds. The number of carbonyl (C=O) groups is 1. The molecule has 4 heteroatoms. The quantitative estimate of drug-likeness (QED) is 0.780. The number of ether oxygens (including phenoxy) is 2. The van der Waals surface area contributed by atoms with Gasteiger partial charge in [-0.25, -0.2) is 0 Å². The summed E-state index contributed by atoms with van der Waals surface area (Å²) in [5, 5.41) is 9.25. The maximum atomic E-state index is 11.2. The van der Waals surface area contributed by atoms with Gasteiger partial charge in [0.1, 0.15) is 0 Å². The summed E-state index contributed by atoms with van der Waals surface area (Å²) in [7, 11) is 0. The number of hydrogen-bond donors (Lipinski definition) is 1. The first-order valence-corrected chi connectivity index (χ1v) is 6.92. The van der Waals surface area contributed by atoms with Gasteiger partial charge in [0.05, 0.1) is 19.1 Å². The van der Waals surface area contributed by atoms with Gasteiger partial charge in [-0.3, -0.25) is 4.79 Å². The normalized spacial score (nSPS) is 40.9. The SMILES string of the molecule is CC1(C)COC2(C[C@H]3CC[C@H](C(=O)O)[C@H]3C2)OC1. The van der Waals surface area contributed by atoms with Crippen molar-refractivity contribution in [2.75, 3.05) is 13.2 Å². The molecule has 1 spiro atoms. The van der Waals surface area contributed by atoms with Crippen molar-refractivity contribution in [3.05, 3.63) is 0 Å². The van der Waals surface area contributed by atoms with Crippen LogP contribution in [0.25, 0.3) is 0 Å². The minimum absolute atomic E-state index is 0.0785. The molecule has 1 N–H and O–H groups in total. The van der Waals surface area contributed by atoms with E-state index in [1.54, 1.807) is 0 Å². The van der Waals surface area contributed by atoms with E-state index in [1.165, 1.54) is 0 Å². The fraction of sp³-hybridized carbons (Fsp3) is 0.929. The Morgan fingerprint density at radius 3 is 2.44 bits per heavy atom. The monoisotopic (exact) mass is 254 g/mol. The molecule has 3 rings (SSSR count). The second-order valence-electron chi connectivity index (χ2n) is 7.01. The first-order valence-electron chi connectivity index (χ1n) is 6.92. The molecule has 1 heterocycles. The molecule has 1 aliphatic heterocycles. The fourth-order valence-electron chi connectivity index (χ4n) is 3.83. The van der Waals surface area contributed by atoms with Gasteiger partial charge in [-0.1, -0.05) is 13.8 Å². The molecule has 3 fully saturated rings. The molecule has 2 aliphatic carbocycles. The number of hydrogen-bond acceptors (Lipinski definition) is 3. The lowest BCUT2D eigenvalue weighted by atomic mass is 9.91. The van der Waals surface area contributed by atoms with Crippen LogP contribution in [0.5, 0.6) is 0 Å². The Bertz CT molecular complexity index is 353.